The van der Waals surface area contributed by atoms with Gasteiger partial charge in [-0.1, -0.05) is 24.3 Å². The lowest BCUT2D eigenvalue weighted by molar-refractivity contribution is 0.628. The molecule has 0 fully saturated rings. The molecule has 136 valence electrons. The first-order valence-corrected chi connectivity index (χ1v) is 9.39. The van der Waals surface area contributed by atoms with Crippen molar-refractivity contribution in [3.8, 4) is 27.8 Å². The molecule has 2 aromatic heterocycles. The van der Waals surface area contributed by atoms with Gasteiger partial charge in [-0.2, -0.15) is 5.26 Å². The van der Waals surface area contributed by atoms with Gasteiger partial charge in [-0.05, 0) is 35.2 Å². The minimum Gasteiger partial charge on any atom is -0.295 e. The van der Waals surface area contributed by atoms with E-state index in [0.29, 0.717) is 21.9 Å². The second-order valence-corrected chi connectivity index (χ2v) is 7.04. The van der Waals surface area contributed by atoms with Crippen LogP contribution in [0.15, 0.2) is 71.5 Å². The van der Waals surface area contributed by atoms with Crippen molar-refractivity contribution in [3.63, 3.8) is 0 Å². The summed E-state index contributed by atoms with van der Waals surface area (Å²) in [4.78, 5) is 17.3. The van der Waals surface area contributed by atoms with Crippen molar-refractivity contribution in [1.29, 1.82) is 5.26 Å². The van der Waals surface area contributed by atoms with Crippen molar-refractivity contribution in [3.05, 3.63) is 88.6 Å². The highest BCUT2D eigenvalue weighted by atomic mass is 32.1. The Labute approximate surface area is 164 Å². The second kappa shape index (κ2) is 7.22. The quantitative estimate of drug-likeness (QED) is 0.464. The van der Waals surface area contributed by atoms with Crippen LogP contribution in [-0.4, -0.2) is 9.55 Å². The first kappa shape index (κ1) is 17.8. The molecular formula is C22H14FN3OS. The maximum Gasteiger partial charge on any atom is 0.259 e. The van der Waals surface area contributed by atoms with Gasteiger partial charge >= 0.3 is 0 Å². The molecule has 0 spiro atoms. The van der Waals surface area contributed by atoms with Crippen LogP contribution in [0.25, 0.3) is 32.5 Å². The molecule has 0 atom stereocenters. The lowest BCUT2D eigenvalue weighted by atomic mass is 9.95. The third-order valence-corrected chi connectivity index (χ3v) is 5.30. The van der Waals surface area contributed by atoms with Gasteiger partial charge in [-0.3, -0.25) is 9.36 Å². The van der Waals surface area contributed by atoms with Crippen LogP contribution in [0.4, 0.5) is 4.39 Å². The third kappa shape index (κ3) is 2.92. The number of hydrogen-bond donors (Lipinski definition) is 0. The van der Waals surface area contributed by atoms with Crippen molar-refractivity contribution in [2.24, 2.45) is 0 Å². The molecule has 2 aromatic carbocycles. The van der Waals surface area contributed by atoms with E-state index in [1.807, 2.05) is 17.5 Å². The summed E-state index contributed by atoms with van der Waals surface area (Å²) >= 11 is 1.48. The molecule has 6 heteroatoms. The number of rotatable bonds is 4. The summed E-state index contributed by atoms with van der Waals surface area (Å²) in [5, 5.41) is 13.6. The Morgan fingerprint density at radius 1 is 1.21 bits per heavy atom. The maximum absolute atomic E-state index is 13.9. The molecule has 2 heterocycles. The lowest BCUT2D eigenvalue weighted by Gasteiger charge is -2.15. The number of fused-ring (bicyclic) bond motifs is 1. The van der Waals surface area contributed by atoms with E-state index in [-0.39, 0.29) is 17.8 Å². The van der Waals surface area contributed by atoms with Gasteiger partial charge in [0.05, 0.1) is 0 Å². The molecule has 4 aromatic rings. The molecule has 0 aliphatic carbocycles. The summed E-state index contributed by atoms with van der Waals surface area (Å²) < 4.78 is 15.3. The number of pyridine rings is 1. The standard InChI is InChI=1S/C22H14FN3OS/c1-2-9-26-19(13-24)20(14-4-3-5-16(23)11-14)18-12-15(21-25-8-10-28-21)6-7-17(18)22(26)27/h2-8,10-12H,1,9H2. The second-order valence-electron chi connectivity index (χ2n) is 6.15. The zero-order valence-electron chi connectivity index (χ0n) is 14.7. The lowest BCUT2D eigenvalue weighted by Crippen LogP contribution is -2.23. The fourth-order valence-electron chi connectivity index (χ4n) is 3.30. The molecule has 0 bridgehead atoms. The average molecular weight is 387 g/mol. The summed E-state index contributed by atoms with van der Waals surface area (Å²) in [5.74, 6) is -0.410. The highest BCUT2D eigenvalue weighted by molar-refractivity contribution is 7.13. The Kier molecular flexibility index (Phi) is 4.60. The Balaban J connectivity index is 2.17. The van der Waals surface area contributed by atoms with Crippen molar-refractivity contribution in [2.75, 3.05) is 0 Å². The highest BCUT2D eigenvalue weighted by Crippen LogP contribution is 2.34. The minimum absolute atomic E-state index is 0.180. The number of aromatic nitrogens is 2. The molecule has 0 aliphatic heterocycles. The van der Waals surface area contributed by atoms with E-state index in [0.717, 1.165) is 10.6 Å². The van der Waals surface area contributed by atoms with Crippen LogP contribution in [0.2, 0.25) is 0 Å². The van der Waals surface area contributed by atoms with Gasteiger partial charge in [0.2, 0.25) is 0 Å². The molecule has 0 unspecified atom stereocenters. The van der Waals surface area contributed by atoms with Crippen LogP contribution in [0.5, 0.6) is 0 Å². The first-order chi connectivity index (χ1) is 13.6. The van der Waals surface area contributed by atoms with E-state index < -0.39 is 5.82 Å². The number of thiazole rings is 1. The fraction of sp³-hybridized carbons (Fsp3) is 0.0455. The molecule has 0 N–H and O–H groups in total. The van der Waals surface area contributed by atoms with Gasteiger partial charge in [0.1, 0.15) is 22.6 Å². The molecule has 28 heavy (non-hydrogen) atoms. The molecule has 0 amide bonds. The average Bonchev–Trinajstić information content (AvgIpc) is 3.24. The Bertz CT molecular complexity index is 1300. The first-order valence-electron chi connectivity index (χ1n) is 8.51. The van der Waals surface area contributed by atoms with E-state index in [1.54, 1.807) is 30.5 Å². The maximum atomic E-state index is 13.9. The number of allylic oxidation sites excluding steroid dienone is 1. The van der Waals surface area contributed by atoms with Crippen LogP contribution in [0.3, 0.4) is 0 Å². The number of hydrogen-bond acceptors (Lipinski definition) is 4. The van der Waals surface area contributed by atoms with Crippen LogP contribution >= 0.6 is 11.3 Å². The van der Waals surface area contributed by atoms with Crippen molar-refractivity contribution in [1.82, 2.24) is 9.55 Å². The van der Waals surface area contributed by atoms with Crippen LogP contribution in [0, 0.1) is 17.1 Å². The van der Waals surface area contributed by atoms with E-state index in [2.05, 4.69) is 17.6 Å². The van der Waals surface area contributed by atoms with Gasteiger partial charge in [-0.15, -0.1) is 17.9 Å². The number of halogens is 1. The van der Waals surface area contributed by atoms with Crippen LogP contribution in [0.1, 0.15) is 5.69 Å². The summed E-state index contributed by atoms with van der Waals surface area (Å²) in [6.07, 6.45) is 3.27. The molecule has 0 aliphatic rings. The summed E-state index contributed by atoms with van der Waals surface area (Å²) in [5.41, 5.74) is 1.80. The number of nitriles is 1. The smallest absolute Gasteiger partial charge is 0.259 e. The third-order valence-electron chi connectivity index (χ3n) is 4.48. The Morgan fingerprint density at radius 2 is 2.07 bits per heavy atom. The Hall–Kier alpha value is -3.56. The fourth-order valence-corrected chi connectivity index (χ4v) is 3.94. The summed E-state index contributed by atoms with van der Waals surface area (Å²) in [6.45, 7) is 3.87. The largest absolute Gasteiger partial charge is 0.295 e. The van der Waals surface area contributed by atoms with Gasteiger partial charge in [-0.25, -0.2) is 9.37 Å². The molecule has 0 saturated heterocycles. The highest BCUT2D eigenvalue weighted by Gasteiger charge is 2.19. The summed E-state index contributed by atoms with van der Waals surface area (Å²) in [7, 11) is 0. The monoisotopic (exact) mass is 387 g/mol. The molecular weight excluding hydrogens is 373 g/mol. The molecule has 4 nitrogen and oxygen atoms in total. The predicted molar refractivity (Wildman–Crippen MR) is 110 cm³/mol. The van der Waals surface area contributed by atoms with Gasteiger partial charge in [0.15, 0.2) is 0 Å². The van der Waals surface area contributed by atoms with Crippen molar-refractivity contribution in [2.45, 2.75) is 6.54 Å². The van der Waals surface area contributed by atoms with E-state index in [9.17, 15) is 14.4 Å². The summed E-state index contributed by atoms with van der Waals surface area (Å²) in [6, 6.07) is 13.6. The normalized spacial score (nSPS) is 10.7. The van der Waals surface area contributed by atoms with Gasteiger partial charge in [0.25, 0.3) is 5.56 Å². The zero-order valence-corrected chi connectivity index (χ0v) is 15.5. The number of nitrogens with zero attached hydrogens (tertiary/aromatic N) is 3. The van der Waals surface area contributed by atoms with Crippen LogP contribution < -0.4 is 5.56 Å². The topological polar surface area (TPSA) is 58.7 Å². The van der Waals surface area contributed by atoms with Gasteiger partial charge in [0, 0.05) is 34.6 Å². The van der Waals surface area contributed by atoms with E-state index in [4.69, 9.17) is 0 Å². The molecule has 4 rings (SSSR count). The SMILES string of the molecule is C=CCn1c(C#N)c(-c2cccc(F)c2)c2cc(-c3nccs3)ccc2c1=O. The van der Waals surface area contributed by atoms with E-state index in [1.165, 1.54) is 28.0 Å². The van der Waals surface area contributed by atoms with E-state index >= 15 is 0 Å². The van der Waals surface area contributed by atoms with Crippen molar-refractivity contribution < 1.29 is 4.39 Å². The number of benzene rings is 2. The molecule has 0 saturated carbocycles. The molecule has 0 radical (unpaired) electrons. The predicted octanol–water partition coefficient (Wildman–Crippen LogP) is 4.99. The van der Waals surface area contributed by atoms with Crippen molar-refractivity contribution >= 4 is 22.1 Å². The van der Waals surface area contributed by atoms with Crippen LogP contribution in [-0.2, 0) is 6.54 Å². The van der Waals surface area contributed by atoms with Gasteiger partial charge < -0.3 is 0 Å². The zero-order chi connectivity index (χ0) is 19.7. The Morgan fingerprint density at radius 3 is 2.75 bits per heavy atom. The minimum atomic E-state index is -0.410.